The van der Waals surface area contributed by atoms with Crippen molar-refractivity contribution in [2.75, 3.05) is 26.1 Å². The minimum absolute atomic E-state index is 0.130. The van der Waals surface area contributed by atoms with Crippen LogP contribution in [0.15, 0.2) is 30.6 Å². The SMILES string of the molecule is COC[C@@H]1COc2ccc(F)cc2-c2nnc(CS(=O)(=O)CCc3ncc(C)cn3)n21. The maximum atomic E-state index is 13.9. The van der Waals surface area contributed by atoms with Gasteiger partial charge in [-0.05, 0) is 30.7 Å². The van der Waals surface area contributed by atoms with Gasteiger partial charge >= 0.3 is 0 Å². The summed E-state index contributed by atoms with van der Waals surface area (Å²) in [6, 6.07) is 3.76. The number of nitrogens with zero attached hydrogens (tertiary/aromatic N) is 5. The number of hydrogen-bond acceptors (Lipinski definition) is 8. The molecule has 3 aromatic rings. The van der Waals surface area contributed by atoms with Gasteiger partial charge in [-0.15, -0.1) is 10.2 Å². The highest BCUT2D eigenvalue weighted by Gasteiger charge is 2.30. The van der Waals surface area contributed by atoms with Gasteiger partial charge in [-0.3, -0.25) is 0 Å². The van der Waals surface area contributed by atoms with Crippen LogP contribution in [0.25, 0.3) is 11.4 Å². The van der Waals surface area contributed by atoms with Crippen molar-refractivity contribution in [1.29, 1.82) is 0 Å². The molecule has 0 unspecified atom stereocenters. The van der Waals surface area contributed by atoms with E-state index in [1.807, 2.05) is 6.92 Å². The lowest BCUT2D eigenvalue weighted by molar-refractivity contribution is 0.124. The van der Waals surface area contributed by atoms with Crippen LogP contribution in [0.3, 0.4) is 0 Å². The summed E-state index contributed by atoms with van der Waals surface area (Å²) in [5, 5.41) is 8.29. The second kappa shape index (κ2) is 8.67. The summed E-state index contributed by atoms with van der Waals surface area (Å²) in [6.45, 7) is 2.33. The third kappa shape index (κ3) is 4.72. The molecule has 11 heteroatoms. The number of sulfone groups is 1. The normalized spacial score (nSPS) is 15.6. The maximum absolute atomic E-state index is 13.9. The van der Waals surface area contributed by atoms with Gasteiger partial charge in [0.25, 0.3) is 0 Å². The smallest absolute Gasteiger partial charge is 0.168 e. The Morgan fingerprint density at radius 3 is 2.77 bits per heavy atom. The second-order valence-corrected chi connectivity index (χ2v) is 9.57. The third-order valence-electron chi connectivity index (χ3n) is 4.92. The Hall–Kier alpha value is -2.92. The molecule has 0 fully saturated rings. The summed E-state index contributed by atoms with van der Waals surface area (Å²) in [4.78, 5) is 8.31. The molecule has 31 heavy (non-hydrogen) atoms. The Kier molecular flexibility index (Phi) is 5.96. The lowest BCUT2D eigenvalue weighted by Crippen LogP contribution is -2.24. The predicted molar refractivity (Wildman–Crippen MR) is 110 cm³/mol. The van der Waals surface area contributed by atoms with Gasteiger partial charge in [0.2, 0.25) is 0 Å². The molecule has 0 saturated carbocycles. The first-order valence-corrected chi connectivity index (χ1v) is 11.5. The van der Waals surface area contributed by atoms with E-state index in [9.17, 15) is 12.8 Å². The summed E-state index contributed by atoms with van der Waals surface area (Å²) < 4.78 is 52.3. The molecule has 1 aromatic carbocycles. The van der Waals surface area contributed by atoms with E-state index in [1.54, 1.807) is 24.1 Å². The highest BCUT2D eigenvalue weighted by atomic mass is 32.2. The average Bonchev–Trinajstić information content (AvgIpc) is 3.07. The van der Waals surface area contributed by atoms with Crippen molar-refractivity contribution in [2.45, 2.75) is 25.1 Å². The van der Waals surface area contributed by atoms with Crippen molar-refractivity contribution in [3.8, 4) is 17.1 Å². The highest BCUT2D eigenvalue weighted by molar-refractivity contribution is 7.90. The Morgan fingerprint density at radius 2 is 2.03 bits per heavy atom. The van der Waals surface area contributed by atoms with Crippen LogP contribution in [0.5, 0.6) is 5.75 Å². The molecular weight excluding hydrogens is 425 g/mol. The van der Waals surface area contributed by atoms with Gasteiger partial charge in [0.1, 0.15) is 35.6 Å². The van der Waals surface area contributed by atoms with E-state index in [0.717, 1.165) is 5.56 Å². The van der Waals surface area contributed by atoms with Crippen molar-refractivity contribution in [2.24, 2.45) is 0 Å². The van der Waals surface area contributed by atoms with Crippen LogP contribution in [0.1, 0.15) is 23.3 Å². The summed E-state index contributed by atoms with van der Waals surface area (Å²) >= 11 is 0. The van der Waals surface area contributed by atoms with E-state index in [2.05, 4.69) is 20.2 Å². The van der Waals surface area contributed by atoms with Crippen molar-refractivity contribution in [3.63, 3.8) is 0 Å². The van der Waals surface area contributed by atoms with Crippen LogP contribution in [0.4, 0.5) is 4.39 Å². The fourth-order valence-corrected chi connectivity index (χ4v) is 4.66. The van der Waals surface area contributed by atoms with Crippen LogP contribution in [0.2, 0.25) is 0 Å². The van der Waals surface area contributed by atoms with E-state index in [4.69, 9.17) is 9.47 Å². The van der Waals surface area contributed by atoms with Gasteiger partial charge in [0.15, 0.2) is 15.7 Å². The first kappa shape index (κ1) is 21.3. The van der Waals surface area contributed by atoms with Crippen LogP contribution >= 0.6 is 0 Å². The zero-order chi connectivity index (χ0) is 22.0. The first-order chi connectivity index (χ1) is 14.9. The Morgan fingerprint density at radius 1 is 1.26 bits per heavy atom. The molecule has 4 rings (SSSR count). The predicted octanol–water partition coefficient (Wildman–Crippen LogP) is 1.92. The molecule has 164 valence electrons. The number of aryl methyl sites for hydroxylation is 2. The molecule has 0 spiro atoms. The Labute approximate surface area is 179 Å². The molecule has 0 amide bonds. The summed E-state index contributed by atoms with van der Waals surface area (Å²) in [6.07, 6.45) is 3.50. The van der Waals surface area contributed by atoms with Gasteiger partial charge in [-0.1, -0.05) is 0 Å². The molecule has 0 radical (unpaired) electrons. The zero-order valence-corrected chi connectivity index (χ0v) is 18.0. The van der Waals surface area contributed by atoms with Gasteiger partial charge < -0.3 is 14.0 Å². The number of halogens is 1. The van der Waals surface area contributed by atoms with Gasteiger partial charge in [-0.2, -0.15) is 0 Å². The number of methoxy groups -OCH3 is 1. The van der Waals surface area contributed by atoms with Crippen LogP contribution in [-0.2, 0) is 26.7 Å². The molecular formula is C20H22FN5O4S. The lowest BCUT2D eigenvalue weighted by atomic mass is 10.2. The number of hydrogen-bond donors (Lipinski definition) is 0. The van der Waals surface area contributed by atoms with Gasteiger partial charge in [-0.25, -0.2) is 22.8 Å². The topological polar surface area (TPSA) is 109 Å². The molecule has 9 nitrogen and oxygen atoms in total. The molecule has 0 N–H and O–H groups in total. The summed E-state index contributed by atoms with van der Waals surface area (Å²) in [7, 11) is -2.00. The van der Waals surface area contributed by atoms with E-state index in [0.29, 0.717) is 23.0 Å². The Balaban J connectivity index is 1.63. The Bertz CT molecular complexity index is 1180. The van der Waals surface area contributed by atoms with Crippen molar-refractivity contribution in [3.05, 3.63) is 53.6 Å². The van der Waals surface area contributed by atoms with Crippen molar-refractivity contribution in [1.82, 2.24) is 24.7 Å². The van der Waals surface area contributed by atoms with E-state index in [1.165, 1.54) is 18.2 Å². The molecule has 0 bridgehead atoms. The number of fused-ring (bicyclic) bond motifs is 3. The van der Waals surface area contributed by atoms with Gasteiger partial charge in [0, 0.05) is 25.9 Å². The minimum atomic E-state index is -3.54. The first-order valence-electron chi connectivity index (χ1n) is 9.69. The molecule has 1 aliphatic heterocycles. The molecule has 0 aliphatic carbocycles. The molecule has 0 saturated heterocycles. The summed E-state index contributed by atoms with van der Waals surface area (Å²) in [5.41, 5.74) is 1.32. The average molecular weight is 447 g/mol. The molecule has 2 aromatic heterocycles. The minimum Gasteiger partial charge on any atom is -0.491 e. The standard InChI is InChI=1S/C20H22FN5O4S/c1-13-8-22-18(23-9-13)5-6-31(27,28)12-19-24-25-20-16-7-14(21)3-4-17(16)30-11-15(10-29-2)26(19)20/h3-4,7-9,15H,5-6,10-12H2,1-2H3/t15-/m1/s1. The fourth-order valence-electron chi connectivity index (χ4n) is 3.43. The third-order valence-corrected chi connectivity index (χ3v) is 6.45. The van der Waals surface area contributed by atoms with Crippen molar-refractivity contribution >= 4 is 9.84 Å². The van der Waals surface area contributed by atoms with Crippen LogP contribution < -0.4 is 4.74 Å². The van der Waals surface area contributed by atoms with Crippen LogP contribution in [0, 0.1) is 12.7 Å². The van der Waals surface area contributed by atoms with Crippen molar-refractivity contribution < 1.29 is 22.3 Å². The monoisotopic (exact) mass is 447 g/mol. The summed E-state index contributed by atoms with van der Waals surface area (Å²) in [5.74, 6) is 0.619. The quantitative estimate of drug-likeness (QED) is 0.540. The number of benzene rings is 1. The van der Waals surface area contributed by atoms with E-state index < -0.39 is 15.7 Å². The second-order valence-electron chi connectivity index (χ2n) is 7.39. The fraction of sp³-hybridized carbons (Fsp3) is 0.400. The van der Waals surface area contributed by atoms with E-state index in [-0.39, 0.29) is 43.0 Å². The van der Waals surface area contributed by atoms with Crippen LogP contribution in [-0.4, -0.2) is 59.2 Å². The molecule has 1 aliphatic rings. The highest BCUT2D eigenvalue weighted by Crippen LogP contribution is 2.35. The zero-order valence-electron chi connectivity index (χ0n) is 17.2. The maximum Gasteiger partial charge on any atom is 0.168 e. The number of aromatic nitrogens is 5. The molecule has 1 atom stereocenters. The lowest BCUT2D eigenvalue weighted by Gasteiger charge is -2.18. The molecule has 3 heterocycles. The number of rotatable bonds is 7. The van der Waals surface area contributed by atoms with Gasteiger partial charge in [0.05, 0.1) is 24.0 Å². The number of ether oxygens (including phenoxy) is 2. The van der Waals surface area contributed by atoms with E-state index >= 15 is 0 Å². The largest absolute Gasteiger partial charge is 0.491 e.